The van der Waals surface area contributed by atoms with Gasteiger partial charge >= 0.3 is 0 Å². The quantitative estimate of drug-likeness (QED) is 0.413. The highest BCUT2D eigenvalue weighted by Gasteiger charge is 2.49. The third-order valence-electron chi connectivity index (χ3n) is 3.19. The molecule has 0 amide bonds. The van der Waals surface area contributed by atoms with Crippen LogP contribution in [0.15, 0.2) is 35.4 Å². The third-order valence-corrected chi connectivity index (χ3v) is 3.19. The monoisotopic (exact) mass is 265 g/mol. The molecule has 1 aromatic rings. The number of aliphatic hydroxyl groups excluding tert-OH is 3. The van der Waals surface area contributed by atoms with Gasteiger partial charge in [0.05, 0.1) is 24.9 Å². The molecule has 102 valence electrons. The molecule has 1 unspecified atom stereocenters. The summed E-state index contributed by atoms with van der Waals surface area (Å²) >= 11 is 0. The molecule has 1 aliphatic rings. The van der Waals surface area contributed by atoms with Gasteiger partial charge in [-0.3, -0.25) is 0 Å². The predicted octanol–water partition coefficient (Wildman–Crippen LogP) is 0.347. The summed E-state index contributed by atoms with van der Waals surface area (Å²) in [6.07, 6.45) is -4.82. The number of nitrogens with zero attached hydrogens (tertiary/aromatic N) is 3. The Bertz CT molecular complexity index is 463. The second-order valence-electron chi connectivity index (χ2n) is 4.43. The summed E-state index contributed by atoms with van der Waals surface area (Å²) < 4.78 is 5.42. The molecule has 7 heteroatoms. The van der Waals surface area contributed by atoms with E-state index in [9.17, 15) is 15.3 Å². The molecular weight excluding hydrogens is 250 g/mol. The first-order valence-corrected chi connectivity index (χ1v) is 5.89. The Morgan fingerprint density at radius 2 is 1.79 bits per heavy atom. The molecule has 0 saturated heterocycles. The lowest BCUT2D eigenvalue weighted by Crippen LogP contribution is -2.35. The standard InChI is InChI=1S/C12H15N3O4/c13-15-14-8-9(16)11(18)12(10(8)17)19-6-7-4-2-1-3-5-7/h1-5,8-12,16-18H,6H2/t8-,9-,10+,11?,12-/m0/s1. The summed E-state index contributed by atoms with van der Waals surface area (Å²) in [6.45, 7) is 0.190. The van der Waals surface area contributed by atoms with Crippen LogP contribution in [0, 0.1) is 0 Å². The molecule has 0 radical (unpaired) electrons. The minimum Gasteiger partial charge on any atom is -0.390 e. The van der Waals surface area contributed by atoms with Crippen LogP contribution in [0.25, 0.3) is 10.4 Å². The zero-order chi connectivity index (χ0) is 13.8. The molecule has 0 spiro atoms. The maximum atomic E-state index is 9.89. The van der Waals surface area contributed by atoms with Gasteiger partial charge in [-0.25, -0.2) is 0 Å². The van der Waals surface area contributed by atoms with Gasteiger partial charge in [-0.05, 0) is 11.1 Å². The average Bonchev–Trinajstić information content (AvgIpc) is 2.63. The molecule has 19 heavy (non-hydrogen) atoms. The van der Waals surface area contributed by atoms with Gasteiger partial charge in [0.1, 0.15) is 12.2 Å². The van der Waals surface area contributed by atoms with Crippen molar-refractivity contribution >= 4 is 0 Å². The van der Waals surface area contributed by atoms with Crippen molar-refractivity contribution in [2.45, 2.75) is 37.1 Å². The largest absolute Gasteiger partial charge is 0.390 e. The molecule has 0 heterocycles. The smallest absolute Gasteiger partial charge is 0.113 e. The second-order valence-corrected chi connectivity index (χ2v) is 4.43. The van der Waals surface area contributed by atoms with Crippen LogP contribution in [-0.2, 0) is 11.3 Å². The molecule has 7 nitrogen and oxygen atoms in total. The summed E-state index contributed by atoms with van der Waals surface area (Å²) in [5.74, 6) is 0. The molecule has 2 rings (SSSR count). The summed E-state index contributed by atoms with van der Waals surface area (Å²) in [6, 6.07) is 8.14. The van der Waals surface area contributed by atoms with Gasteiger partial charge in [0, 0.05) is 4.91 Å². The fourth-order valence-electron chi connectivity index (χ4n) is 2.15. The maximum absolute atomic E-state index is 9.89. The van der Waals surface area contributed by atoms with E-state index < -0.39 is 30.5 Å². The van der Waals surface area contributed by atoms with Crippen molar-refractivity contribution in [3.63, 3.8) is 0 Å². The van der Waals surface area contributed by atoms with E-state index in [1.165, 1.54) is 0 Å². The minimum atomic E-state index is -1.33. The number of azide groups is 1. The van der Waals surface area contributed by atoms with E-state index in [0.717, 1.165) is 5.56 Å². The Balaban J connectivity index is 2.02. The van der Waals surface area contributed by atoms with Crippen molar-refractivity contribution in [1.82, 2.24) is 0 Å². The van der Waals surface area contributed by atoms with E-state index in [2.05, 4.69) is 10.0 Å². The molecule has 1 aliphatic carbocycles. The number of ether oxygens (including phenoxy) is 1. The van der Waals surface area contributed by atoms with Gasteiger partial charge in [-0.15, -0.1) is 0 Å². The fourth-order valence-corrected chi connectivity index (χ4v) is 2.15. The Morgan fingerprint density at radius 3 is 2.42 bits per heavy atom. The molecule has 3 N–H and O–H groups in total. The minimum absolute atomic E-state index is 0.190. The zero-order valence-electron chi connectivity index (χ0n) is 10.1. The summed E-state index contributed by atoms with van der Waals surface area (Å²) in [5, 5.41) is 32.6. The van der Waals surface area contributed by atoms with E-state index in [1.807, 2.05) is 30.3 Å². The average molecular weight is 265 g/mol. The van der Waals surface area contributed by atoms with Crippen LogP contribution in [-0.4, -0.2) is 45.8 Å². The number of hydrogen-bond acceptors (Lipinski definition) is 5. The van der Waals surface area contributed by atoms with Gasteiger partial charge in [0.2, 0.25) is 0 Å². The first kappa shape index (κ1) is 13.8. The highest BCUT2D eigenvalue weighted by molar-refractivity contribution is 5.14. The molecular formula is C12H15N3O4. The molecule has 0 aliphatic heterocycles. The molecule has 5 atom stereocenters. The lowest BCUT2D eigenvalue weighted by Gasteiger charge is -2.19. The van der Waals surface area contributed by atoms with Gasteiger partial charge in [0.15, 0.2) is 0 Å². The van der Waals surface area contributed by atoms with Crippen molar-refractivity contribution in [2.75, 3.05) is 0 Å². The van der Waals surface area contributed by atoms with E-state index in [4.69, 9.17) is 10.3 Å². The summed E-state index contributed by atoms with van der Waals surface area (Å²) in [4.78, 5) is 2.54. The third kappa shape index (κ3) is 2.86. The van der Waals surface area contributed by atoms with E-state index in [1.54, 1.807) is 0 Å². The van der Waals surface area contributed by atoms with Gasteiger partial charge in [-0.1, -0.05) is 35.4 Å². The van der Waals surface area contributed by atoms with Crippen molar-refractivity contribution in [3.05, 3.63) is 46.3 Å². The topological polar surface area (TPSA) is 119 Å². The fraction of sp³-hybridized carbons (Fsp3) is 0.500. The van der Waals surface area contributed by atoms with Crippen molar-refractivity contribution < 1.29 is 20.1 Å². The Hall–Kier alpha value is -1.63. The van der Waals surface area contributed by atoms with Crippen LogP contribution in [0.3, 0.4) is 0 Å². The van der Waals surface area contributed by atoms with E-state index in [-0.39, 0.29) is 6.61 Å². The Morgan fingerprint density at radius 1 is 1.11 bits per heavy atom. The predicted molar refractivity (Wildman–Crippen MR) is 66.0 cm³/mol. The SMILES string of the molecule is [N-]=[N+]=N[C@@H]1[C@@H](O)[C@H](OCc2ccccc2)C(O)[C@H]1O. The second kappa shape index (κ2) is 6.01. The maximum Gasteiger partial charge on any atom is 0.113 e. The first-order chi connectivity index (χ1) is 9.15. The van der Waals surface area contributed by atoms with E-state index >= 15 is 0 Å². The normalized spacial score (nSPS) is 33.9. The van der Waals surface area contributed by atoms with Crippen LogP contribution < -0.4 is 0 Å². The lowest BCUT2D eigenvalue weighted by atomic mass is 10.2. The summed E-state index contributed by atoms with van der Waals surface area (Å²) in [7, 11) is 0. The molecule has 1 aromatic carbocycles. The summed E-state index contributed by atoms with van der Waals surface area (Å²) in [5.41, 5.74) is 9.23. The molecule has 0 bridgehead atoms. The number of hydrogen-bond donors (Lipinski definition) is 3. The van der Waals surface area contributed by atoms with Gasteiger partial charge < -0.3 is 20.1 Å². The van der Waals surface area contributed by atoms with Crippen LogP contribution in [0.1, 0.15) is 5.56 Å². The Kier molecular flexibility index (Phi) is 4.36. The van der Waals surface area contributed by atoms with Crippen molar-refractivity contribution in [2.24, 2.45) is 5.11 Å². The van der Waals surface area contributed by atoms with Crippen LogP contribution >= 0.6 is 0 Å². The van der Waals surface area contributed by atoms with Gasteiger partial charge in [-0.2, -0.15) is 0 Å². The van der Waals surface area contributed by atoms with Crippen LogP contribution in [0.2, 0.25) is 0 Å². The number of benzene rings is 1. The van der Waals surface area contributed by atoms with E-state index in [0.29, 0.717) is 0 Å². The first-order valence-electron chi connectivity index (χ1n) is 5.89. The van der Waals surface area contributed by atoms with Crippen molar-refractivity contribution in [1.29, 1.82) is 0 Å². The lowest BCUT2D eigenvalue weighted by molar-refractivity contribution is -0.0890. The molecule has 1 saturated carbocycles. The molecule has 0 aromatic heterocycles. The highest BCUT2D eigenvalue weighted by Crippen LogP contribution is 2.27. The highest BCUT2D eigenvalue weighted by atomic mass is 16.5. The number of rotatable bonds is 4. The zero-order valence-corrected chi connectivity index (χ0v) is 10.1. The van der Waals surface area contributed by atoms with Crippen molar-refractivity contribution in [3.8, 4) is 0 Å². The molecule has 1 fully saturated rings. The van der Waals surface area contributed by atoms with Crippen LogP contribution in [0.5, 0.6) is 0 Å². The number of aliphatic hydroxyl groups is 3. The Labute approximate surface area is 109 Å². The van der Waals surface area contributed by atoms with Crippen LogP contribution in [0.4, 0.5) is 0 Å². The van der Waals surface area contributed by atoms with Gasteiger partial charge in [0.25, 0.3) is 0 Å².